The molecule has 0 amide bonds. The second kappa shape index (κ2) is 7.82. The Hall–Kier alpha value is -3.34. The predicted octanol–water partition coefficient (Wildman–Crippen LogP) is 7.58. The maximum Gasteiger partial charge on any atom is 0.0737 e. The molecule has 0 saturated heterocycles. The van der Waals surface area contributed by atoms with Crippen LogP contribution in [0.25, 0.3) is 21.8 Å². The first kappa shape index (κ1) is 18.7. The minimum atomic E-state index is 0.666. The molecular weight excluding hydrogens is 415 g/mol. The normalized spacial score (nSPS) is 11.0. The van der Waals surface area contributed by atoms with Crippen LogP contribution >= 0.6 is 23.2 Å². The summed E-state index contributed by atoms with van der Waals surface area (Å²) in [5, 5.41) is 10.4. The fourth-order valence-corrected chi connectivity index (χ4v) is 3.78. The number of anilines is 4. The van der Waals surface area contributed by atoms with Gasteiger partial charge in [-0.3, -0.25) is 9.97 Å². The molecule has 0 unspecified atom stereocenters. The summed E-state index contributed by atoms with van der Waals surface area (Å²) in [6, 6.07) is 23.4. The molecule has 0 fully saturated rings. The van der Waals surface area contributed by atoms with Gasteiger partial charge >= 0.3 is 0 Å². The summed E-state index contributed by atoms with van der Waals surface area (Å²) in [6.45, 7) is 0. The summed E-state index contributed by atoms with van der Waals surface area (Å²) < 4.78 is 0. The zero-order valence-corrected chi connectivity index (χ0v) is 17.2. The lowest BCUT2D eigenvalue weighted by Crippen LogP contribution is -1.99. The molecule has 30 heavy (non-hydrogen) atoms. The molecule has 0 saturated carbocycles. The first-order chi connectivity index (χ1) is 14.7. The Bertz CT molecular complexity index is 1280. The van der Waals surface area contributed by atoms with Crippen LogP contribution in [-0.4, -0.2) is 9.97 Å². The van der Waals surface area contributed by atoms with Crippen molar-refractivity contribution in [2.75, 3.05) is 10.6 Å². The Labute approximate surface area is 183 Å². The van der Waals surface area contributed by atoms with Crippen LogP contribution in [-0.2, 0) is 0 Å². The molecule has 0 radical (unpaired) electrons. The van der Waals surface area contributed by atoms with E-state index in [1.54, 1.807) is 12.4 Å². The average Bonchev–Trinajstić information content (AvgIpc) is 2.75. The molecule has 0 atom stereocenters. The standard InChI is InChI=1S/C24H16Cl2N4/c25-15-5-7-17-19(9-11-27-23(17)13-15)29-21-3-1-2-4-22(21)30-20-10-12-28-24-14-16(26)6-8-18(20)24/h1-14H,(H,27,29)(H,28,30). The summed E-state index contributed by atoms with van der Waals surface area (Å²) in [4.78, 5) is 8.84. The van der Waals surface area contributed by atoms with Gasteiger partial charge in [0.25, 0.3) is 0 Å². The lowest BCUT2D eigenvalue weighted by atomic mass is 10.1. The molecule has 2 aromatic heterocycles. The highest BCUT2D eigenvalue weighted by Gasteiger charge is 2.09. The molecule has 0 bridgehead atoms. The molecule has 3 aromatic carbocycles. The SMILES string of the molecule is Clc1ccc2c(Nc3ccccc3Nc3ccnc4cc(Cl)ccc34)ccnc2c1. The largest absolute Gasteiger partial charge is 0.353 e. The van der Waals surface area contributed by atoms with Crippen LogP contribution in [0, 0.1) is 0 Å². The van der Waals surface area contributed by atoms with Gasteiger partial charge in [-0.15, -0.1) is 0 Å². The van der Waals surface area contributed by atoms with Crippen molar-refractivity contribution >= 4 is 67.8 Å². The summed E-state index contributed by atoms with van der Waals surface area (Å²) in [5.41, 5.74) is 5.48. The molecule has 0 aliphatic carbocycles. The topological polar surface area (TPSA) is 49.8 Å². The maximum atomic E-state index is 6.12. The molecule has 2 N–H and O–H groups in total. The Balaban J connectivity index is 1.53. The van der Waals surface area contributed by atoms with Crippen molar-refractivity contribution in [3.63, 3.8) is 0 Å². The molecule has 0 aliphatic rings. The van der Waals surface area contributed by atoms with E-state index < -0.39 is 0 Å². The molecule has 6 heteroatoms. The molecule has 0 aliphatic heterocycles. The van der Waals surface area contributed by atoms with Crippen molar-refractivity contribution in [2.24, 2.45) is 0 Å². The molecule has 2 heterocycles. The number of pyridine rings is 2. The Kier molecular flexibility index (Phi) is 4.87. The highest BCUT2D eigenvalue weighted by Crippen LogP contribution is 2.34. The number of aromatic nitrogens is 2. The van der Waals surface area contributed by atoms with Gasteiger partial charge in [0.05, 0.1) is 22.4 Å². The number of hydrogen-bond acceptors (Lipinski definition) is 4. The van der Waals surface area contributed by atoms with E-state index in [1.165, 1.54) is 0 Å². The maximum absolute atomic E-state index is 6.12. The summed E-state index contributed by atoms with van der Waals surface area (Å²) in [7, 11) is 0. The van der Waals surface area contributed by atoms with E-state index >= 15 is 0 Å². The van der Waals surface area contributed by atoms with Crippen LogP contribution in [0.4, 0.5) is 22.7 Å². The monoisotopic (exact) mass is 430 g/mol. The molecular formula is C24H16Cl2N4. The first-order valence-corrected chi connectivity index (χ1v) is 10.1. The van der Waals surface area contributed by atoms with Crippen molar-refractivity contribution in [2.45, 2.75) is 0 Å². The van der Waals surface area contributed by atoms with Crippen molar-refractivity contribution in [1.29, 1.82) is 0 Å². The number of hydrogen-bond donors (Lipinski definition) is 2. The third-order valence-corrected chi connectivity index (χ3v) is 5.35. The number of nitrogens with one attached hydrogen (secondary N) is 2. The minimum absolute atomic E-state index is 0.666. The van der Waals surface area contributed by atoms with Crippen LogP contribution < -0.4 is 10.6 Å². The minimum Gasteiger partial charge on any atom is -0.353 e. The van der Waals surface area contributed by atoms with Gasteiger partial charge in [0.2, 0.25) is 0 Å². The number of fused-ring (bicyclic) bond motifs is 2. The van der Waals surface area contributed by atoms with Crippen LogP contribution in [0.3, 0.4) is 0 Å². The molecule has 146 valence electrons. The average molecular weight is 431 g/mol. The van der Waals surface area contributed by atoms with E-state index in [0.717, 1.165) is 44.6 Å². The quantitative estimate of drug-likeness (QED) is 0.308. The van der Waals surface area contributed by atoms with Gasteiger partial charge < -0.3 is 10.6 Å². The van der Waals surface area contributed by atoms with Crippen LogP contribution in [0.5, 0.6) is 0 Å². The first-order valence-electron chi connectivity index (χ1n) is 9.39. The van der Waals surface area contributed by atoms with Crippen molar-refractivity contribution < 1.29 is 0 Å². The predicted molar refractivity (Wildman–Crippen MR) is 127 cm³/mol. The van der Waals surface area contributed by atoms with Crippen molar-refractivity contribution in [1.82, 2.24) is 9.97 Å². The number of nitrogens with zero attached hydrogens (tertiary/aromatic N) is 2. The number of halogens is 2. The Morgan fingerprint density at radius 1 is 0.533 bits per heavy atom. The van der Waals surface area contributed by atoms with E-state index in [0.29, 0.717) is 10.0 Å². The fraction of sp³-hybridized carbons (Fsp3) is 0. The third-order valence-electron chi connectivity index (χ3n) is 4.88. The molecule has 4 nitrogen and oxygen atoms in total. The van der Waals surface area contributed by atoms with Crippen LogP contribution in [0.15, 0.2) is 85.2 Å². The van der Waals surface area contributed by atoms with Gasteiger partial charge in [0.1, 0.15) is 0 Å². The summed E-state index contributed by atoms with van der Waals surface area (Å²) >= 11 is 12.2. The van der Waals surface area contributed by atoms with Gasteiger partial charge in [-0.1, -0.05) is 35.3 Å². The zero-order valence-electron chi connectivity index (χ0n) is 15.7. The van der Waals surface area contributed by atoms with Gasteiger partial charge in [-0.25, -0.2) is 0 Å². The zero-order chi connectivity index (χ0) is 20.5. The Morgan fingerprint density at radius 3 is 1.47 bits per heavy atom. The number of para-hydroxylation sites is 2. The van der Waals surface area contributed by atoms with E-state index in [9.17, 15) is 0 Å². The van der Waals surface area contributed by atoms with Crippen LogP contribution in [0.2, 0.25) is 10.0 Å². The number of benzene rings is 3. The van der Waals surface area contributed by atoms with Crippen molar-refractivity contribution in [3.05, 3.63) is 95.2 Å². The summed E-state index contributed by atoms with van der Waals surface area (Å²) in [5.74, 6) is 0. The van der Waals surface area contributed by atoms with Gasteiger partial charge in [-0.2, -0.15) is 0 Å². The third kappa shape index (κ3) is 3.63. The lowest BCUT2D eigenvalue weighted by molar-refractivity contribution is 1.40. The second-order valence-corrected chi connectivity index (χ2v) is 7.71. The lowest BCUT2D eigenvalue weighted by Gasteiger charge is -2.16. The van der Waals surface area contributed by atoms with E-state index in [4.69, 9.17) is 23.2 Å². The summed E-state index contributed by atoms with van der Waals surface area (Å²) in [6.07, 6.45) is 3.55. The smallest absolute Gasteiger partial charge is 0.0737 e. The highest BCUT2D eigenvalue weighted by atomic mass is 35.5. The Morgan fingerprint density at radius 2 is 1.00 bits per heavy atom. The fourth-order valence-electron chi connectivity index (χ4n) is 3.45. The van der Waals surface area contributed by atoms with E-state index in [2.05, 4.69) is 20.6 Å². The van der Waals surface area contributed by atoms with Gasteiger partial charge in [-0.05, 0) is 60.7 Å². The van der Waals surface area contributed by atoms with E-state index in [1.807, 2.05) is 72.8 Å². The molecule has 0 spiro atoms. The van der Waals surface area contributed by atoms with Gasteiger partial charge in [0, 0.05) is 44.6 Å². The second-order valence-electron chi connectivity index (χ2n) is 6.84. The van der Waals surface area contributed by atoms with E-state index in [-0.39, 0.29) is 0 Å². The molecule has 5 aromatic rings. The van der Waals surface area contributed by atoms with Gasteiger partial charge in [0.15, 0.2) is 0 Å². The van der Waals surface area contributed by atoms with Crippen molar-refractivity contribution in [3.8, 4) is 0 Å². The van der Waals surface area contributed by atoms with Crippen LogP contribution in [0.1, 0.15) is 0 Å². The molecule has 5 rings (SSSR count). The highest BCUT2D eigenvalue weighted by molar-refractivity contribution is 6.31. The number of rotatable bonds is 4.